The molecule has 2 unspecified atom stereocenters. The van der Waals surface area contributed by atoms with Crippen LogP contribution in [0.25, 0.3) is 10.9 Å². The number of thioether (sulfide) groups is 1. The van der Waals surface area contributed by atoms with Crippen LogP contribution in [-0.2, 0) is 4.79 Å². The molecule has 2 aromatic carbocycles. The molecule has 3 amide bonds. The van der Waals surface area contributed by atoms with Crippen molar-refractivity contribution in [2.75, 3.05) is 12.0 Å². The molecule has 10 heteroatoms. The second-order valence-corrected chi connectivity index (χ2v) is 8.33. The van der Waals surface area contributed by atoms with E-state index in [0.717, 1.165) is 15.8 Å². The zero-order valence-electron chi connectivity index (χ0n) is 17.0. The number of carbonyl (C=O) groups excluding carboxylic acids is 2. The Morgan fingerprint density at radius 2 is 1.84 bits per heavy atom. The van der Waals surface area contributed by atoms with Gasteiger partial charge in [-0.2, -0.15) is 13.2 Å². The Morgan fingerprint density at radius 1 is 1.12 bits per heavy atom. The largest absolute Gasteiger partial charge is 0.494 e. The molecule has 0 spiro atoms. The van der Waals surface area contributed by atoms with Crippen molar-refractivity contribution in [3.05, 3.63) is 60.3 Å². The molecule has 4 rings (SSSR count). The number of anilines is 1. The van der Waals surface area contributed by atoms with E-state index in [0.29, 0.717) is 11.3 Å². The molecule has 0 bridgehead atoms. The normalized spacial score (nSPS) is 17.5. The maximum atomic E-state index is 13.1. The molecule has 0 aliphatic carbocycles. The van der Waals surface area contributed by atoms with Crippen molar-refractivity contribution < 1.29 is 27.5 Å². The number of alkyl halides is 3. The highest BCUT2D eigenvalue weighted by molar-refractivity contribution is 8.00. The maximum Gasteiger partial charge on any atom is 0.446 e. The van der Waals surface area contributed by atoms with Crippen molar-refractivity contribution in [2.24, 2.45) is 0 Å². The minimum Gasteiger partial charge on any atom is -0.494 e. The van der Waals surface area contributed by atoms with E-state index in [2.05, 4.69) is 10.3 Å². The molecule has 0 saturated carbocycles. The van der Waals surface area contributed by atoms with E-state index >= 15 is 0 Å². The molecular weight excluding hydrogens is 443 g/mol. The molecule has 1 N–H and O–H groups in total. The van der Waals surface area contributed by atoms with E-state index in [1.165, 1.54) is 24.3 Å². The number of fused-ring (bicyclic) bond motifs is 1. The van der Waals surface area contributed by atoms with Crippen LogP contribution >= 0.6 is 11.8 Å². The molecule has 1 aliphatic rings. The number of rotatable bonds is 5. The molecule has 6 nitrogen and oxygen atoms in total. The molecule has 2 heterocycles. The first kappa shape index (κ1) is 21.9. The number of pyridine rings is 1. The highest BCUT2D eigenvalue weighted by atomic mass is 32.2. The van der Waals surface area contributed by atoms with Crippen LogP contribution in [-0.4, -0.2) is 35.6 Å². The summed E-state index contributed by atoms with van der Waals surface area (Å²) in [6, 6.07) is 10.9. The summed E-state index contributed by atoms with van der Waals surface area (Å²) < 4.78 is 43.0. The Balaban J connectivity index is 1.61. The highest BCUT2D eigenvalue weighted by Gasteiger charge is 2.42. The third-order valence-corrected chi connectivity index (χ3v) is 6.01. The van der Waals surface area contributed by atoms with E-state index in [4.69, 9.17) is 4.74 Å². The first-order valence-electron chi connectivity index (χ1n) is 9.61. The van der Waals surface area contributed by atoms with Crippen molar-refractivity contribution in [3.63, 3.8) is 0 Å². The van der Waals surface area contributed by atoms with Gasteiger partial charge in [-0.3, -0.25) is 9.78 Å². The molecule has 0 radical (unpaired) electrons. The number of amides is 3. The van der Waals surface area contributed by atoms with Gasteiger partial charge in [0.25, 0.3) is 5.91 Å². The Hall–Kier alpha value is -3.27. The van der Waals surface area contributed by atoms with Gasteiger partial charge < -0.3 is 10.1 Å². The molecule has 1 aromatic heterocycles. The lowest BCUT2D eigenvalue weighted by molar-refractivity contribution is -0.118. The van der Waals surface area contributed by atoms with Crippen LogP contribution < -0.4 is 15.0 Å². The van der Waals surface area contributed by atoms with Crippen LogP contribution in [0.4, 0.5) is 23.7 Å². The second-order valence-electron chi connectivity index (χ2n) is 7.19. The number of aromatic nitrogens is 1. The predicted molar refractivity (Wildman–Crippen MR) is 115 cm³/mol. The highest BCUT2D eigenvalue weighted by Crippen LogP contribution is 2.38. The van der Waals surface area contributed by atoms with Crippen molar-refractivity contribution in [2.45, 2.75) is 29.3 Å². The standard InChI is InChI=1S/C22H18F3N3O3S/c1-12(15-10-11-26-19-16(15)4-3-5-17(19)31-2)18-20(29)28(21(30)27-18)13-6-8-14(9-7-13)32-22(23,24)25/h3-12,18H,1-2H3,(H,27,30). The van der Waals surface area contributed by atoms with Gasteiger partial charge in [-0.1, -0.05) is 19.1 Å². The average Bonchev–Trinajstić information content (AvgIpc) is 3.06. The number of carbonyl (C=O) groups is 2. The van der Waals surface area contributed by atoms with E-state index in [-0.39, 0.29) is 22.3 Å². The number of ether oxygens (including phenoxy) is 1. The molecule has 1 aliphatic heterocycles. The van der Waals surface area contributed by atoms with Gasteiger partial charge in [-0.15, -0.1) is 0 Å². The van der Waals surface area contributed by atoms with Crippen LogP contribution in [0.3, 0.4) is 0 Å². The first-order chi connectivity index (χ1) is 15.2. The Bertz CT molecular complexity index is 1180. The number of nitrogens with zero attached hydrogens (tertiary/aromatic N) is 2. The fourth-order valence-electron chi connectivity index (χ4n) is 3.79. The Labute approximate surface area is 185 Å². The number of hydrogen-bond donors (Lipinski definition) is 1. The van der Waals surface area contributed by atoms with Crippen molar-refractivity contribution in [1.29, 1.82) is 0 Å². The predicted octanol–water partition coefficient (Wildman–Crippen LogP) is 5.08. The monoisotopic (exact) mass is 461 g/mol. The van der Waals surface area contributed by atoms with Crippen LogP contribution in [0.5, 0.6) is 5.75 Å². The van der Waals surface area contributed by atoms with Gasteiger partial charge in [0.15, 0.2) is 0 Å². The number of methoxy groups -OCH3 is 1. The van der Waals surface area contributed by atoms with E-state index < -0.39 is 29.4 Å². The Kier molecular flexibility index (Phi) is 5.72. The third-order valence-electron chi connectivity index (χ3n) is 5.28. The molecule has 1 fully saturated rings. The smallest absolute Gasteiger partial charge is 0.446 e. The van der Waals surface area contributed by atoms with Gasteiger partial charge in [-0.05, 0) is 53.7 Å². The molecule has 32 heavy (non-hydrogen) atoms. The second kappa shape index (κ2) is 8.34. The third kappa shape index (κ3) is 4.10. The summed E-state index contributed by atoms with van der Waals surface area (Å²) in [5.41, 5.74) is -2.76. The number of para-hydroxylation sites is 1. The maximum absolute atomic E-state index is 13.1. The van der Waals surface area contributed by atoms with Crippen LogP contribution in [0.15, 0.2) is 59.6 Å². The molecule has 3 aromatic rings. The summed E-state index contributed by atoms with van der Waals surface area (Å²) in [4.78, 5) is 31.0. The zero-order chi connectivity index (χ0) is 23.0. The minimum atomic E-state index is -4.42. The SMILES string of the molecule is COc1cccc2c(C(C)C3NC(=O)N(c4ccc(SC(F)(F)F)cc4)C3=O)ccnc12. The zero-order valence-corrected chi connectivity index (χ0v) is 17.8. The fraction of sp³-hybridized carbons (Fsp3) is 0.227. The van der Waals surface area contributed by atoms with Gasteiger partial charge in [0.2, 0.25) is 0 Å². The lowest BCUT2D eigenvalue weighted by atomic mass is 9.90. The van der Waals surface area contributed by atoms with E-state index in [1.807, 2.05) is 19.1 Å². The summed E-state index contributed by atoms with van der Waals surface area (Å²) in [6.45, 7) is 1.82. The van der Waals surface area contributed by atoms with Gasteiger partial charge in [0.1, 0.15) is 17.3 Å². The minimum absolute atomic E-state index is 0.0320. The quantitative estimate of drug-likeness (QED) is 0.424. The van der Waals surface area contributed by atoms with E-state index in [9.17, 15) is 22.8 Å². The number of urea groups is 1. The molecule has 2 atom stereocenters. The topological polar surface area (TPSA) is 71.5 Å². The molecular formula is C22H18F3N3O3S. The number of imide groups is 1. The Morgan fingerprint density at radius 3 is 2.50 bits per heavy atom. The van der Waals surface area contributed by atoms with Gasteiger partial charge in [0.05, 0.1) is 12.8 Å². The van der Waals surface area contributed by atoms with Crippen molar-refractivity contribution in [3.8, 4) is 5.75 Å². The fourth-order valence-corrected chi connectivity index (χ4v) is 4.33. The number of benzene rings is 2. The molecule has 166 valence electrons. The lowest BCUT2D eigenvalue weighted by Crippen LogP contribution is -2.35. The number of hydrogen-bond acceptors (Lipinski definition) is 5. The summed E-state index contributed by atoms with van der Waals surface area (Å²) in [5, 5.41) is 3.50. The number of nitrogens with one attached hydrogen (secondary N) is 1. The van der Waals surface area contributed by atoms with Crippen molar-refractivity contribution in [1.82, 2.24) is 10.3 Å². The van der Waals surface area contributed by atoms with Crippen LogP contribution in [0, 0.1) is 0 Å². The van der Waals surface area contributed by atoms with Crippen molar-refractivity contribution >= 4 is 40.3 Å². The summed E-state index contributed by atoms with van der Waals surface area (Å²) in [7, 11) is 1.55. The van der Waals surface area contributed by atoms with Gasteiger partial charge in [0, 0.05) is 22.4 Å². The number of halogens is 3. The lowest BCUT2D eigenvalue weighted by Gasteiger charge is -2.20. The van der Waals surface area contributed by atoms with Gasteiger partial charge in [-0.25, -0.2) is 9.69 Å². The van der Waals surface area contributed by atoms with E-state index in [1.54, 1.807) is 25.4 Å². The average molecular weight is 461 g/mol. The summed E-state index contributed by atoms with van der Waals surface area (Å²) in [6.07, 6.45) is 1.62. The summed E-state index contributed by atoms with van der Waals surface area (Å²) in [5.74, 6) is -0.280. The van der Waals surface area contributed by atoms with Gasteiger partial charge >= 0.3 is 11.5 Å². The summed E-state index contributed by atoms with van der Waals surface area (Å²) >= 11 is -0.260. The first-order valence-corrected chi connectivity index (χ1v) is 10.4. The molecule has 1 saturated heterocycles. The van der Waals surface area contributed by atoms with Crippen LogP contribution in [0.1, 0.15) is 18.4 Å². The van der Waals surface area contributed by atoms with Crippen LogP contribution in [0.2, 0.25) is 0 Å².